The lowest BCUT2D eigenvalue weighted by molar-refractivity contribution is -0.384. The van der Waals surface area contributed by atoms with E-state index in [2.05, 4.69) is 15.9 Å². The average molecular weight is 366 g/mol. The van der Waals surface area contributed by atoms with Crippen LogP contribution in [0.5, 0.6) is 11.5 Å². The van der Waals surface area contributed by atoms with Crippen molar-refractivity contribution < 1.29 is 19.2 Å². The van der Waals surface area contributed by atoms with Gasteiger partial charge in [0, 0.05) is 22.2 Å². The van der Waals surface area contributed by atoms with Crippen LogP contribution >= 0.6 is 15.9 Å². The molecule has 0 fully saturated rings. The Hall–Kier alpha value is -2.41. The molecule has 0 spiro atoms. The van der Waals surface area contributed by atoms with Crippen molar-refractivity contribution in [2.75, 3.05) is 7.11 Å². The Labute approximate surface area is 134 Å². The van der Waals surface area contributed by atoms with Gasteiger partial charge in [-0.15, -0.1) is 0 Å². The third-order valence-electron chi connectivity index (χ3n) is 2.95. The van der Waals surface area contributed by atoms with E-state index < -0.39 is 4.92 Å². The molecule has 2 rings (SSSR count). The van der Waals surface area contributed by atoms with Crippen molar-refractivity contribution in [3.05, 3.63) is 62.1 Å². The topological polar surface area (TPSA) is 78.7 Å². The molecule has 0 aliphatic heterocycles. The number of nitro groups is 1. The smallest absolute Gasteiger partial charge is 0.269 e. The third-order valence-corrected chi connectivity index (χ3v) is 3.64. The first kappa shape index (κ1) is 16.0. The van der Waals surface area contributed by atoms with E-state index in [-0.39, 0.29) is 12.3 Å². The zero-order valence-corrected chi connectivity index (χ0v) is 13.2. The fraction of sp³-hybridized carbons (Fsp3) is 0.133. The molecule has 6 nitrogen and oxygen atoms in total. The number of methoxy groups -OCH3 is 1. The number of halogens is 1. The van der Waals surface area contributed by atoms with Crippen molar-refractivity contribution in [2.45, 2.75) is 6.61 Å². The molecule has 0 N–H and O–H groups in total. The van der Waals surface area contributed by atoms with Gasteiger partial charge in [-0.1, -0.05) is 0 Å². The number of hydrogen-bond donors (Lipinski definition) is 0. The van der Waals surface area contributed by atoms with Gasteiger partial charge in [-0.05, 0) is 45.8 Å². The third kappa shape index (κ3) is 3.62. The first-order chi connectivity index (χ1) is 10.5. The second-order valence-corrected chi connectivity index (χ2v) is 5.21. The summed E-state index contributed by atoms with van der Waals surface area (Å²) in [7, 11) is 1.48. The van der Waals surface area contributed by atoms with Gasteiger partial charge >= 0.3 is 0 Å². The fourth-order valence-electron chi connectivity index (χ4n) is 1.79. The van der Waals surface area contributed by atoms with E-state index in [1.165, 1.54) is 19.2 Å². The van der Waals surface area contributed by atoms with Crippen molar-refractivity contribution in [3.8, 4) is 11.5 Å². The minimum atomic E-state index is -0.455. The summed E-state index contributed by atoms with van der Waals surface area (Å²) in [6.07, 6.45) is 0.715. The maximum absolute atomic E-state index is 10.9. The first-order valence-corrected chi connectivity index (χ1v) is 7.03. The van der Waals surface area contributed by atoms with Gasteiger partial charge in [0.1, 0.15) is 6.61 Å². The second-order valence-electron chi connectivity index (χ2n) is 4.35. The van der Waals surface area contributed by atoms with Crippen molar-refractivity contribution in [3.63, 3.8) is 0 Å². The molecule has 0 saturated heterocycles. The molecule has 0 heterocycles. The largest absolute Gasteiger partial charge is 0.493 e. The SMILES string of the molecule is COc1cc(C=O)c(Br)cc1OCc1ccc([N+](=O)[O-])cc1. The van der Waals surface area contributed by atoms with Gasteiger partial charge in [0.25, 0.3) is 5.69 Å². The Morgan fingerprint density at radius 2 is 1.91 bits per heavy atom. The number of ether oxygens (including phenoxy) is 2. The zero-order valence-electron chi connectivity index (χ0n) is 11.6. The number of aldehydes is 1. The summed E-state index contributed by atoms with van der Waals surface area (Å²) in [5.41, 5.74) is 1.27. The van der Waals surface area contributed by atoms with E-state index in [9.17, 15) is 14.9 Å². The van der Waals surface area contributed by atoms with E-state index in [4.69, 9.17) is 9.47 Å². The molecular weight excluding hydrogens is 354 g/mol. The van der Waals surface area contributed by atoms with E-state index in [0.29, 0.717) is 27.8 Å². The van der Waals surface area contributed by atoms with Gasteiger partial charge in [0.05, 0.1) is 12.0 Å². The van der Waals surface area contributed by atoms with Gasteiger partial charge in [0.2, 0.25) is 0 Å². The maximum atomic E-state index is 10.9. The van der Waals surface area contributed by atoms with Crippen LogP contribution in [0.25, 0.3) is 0 Å². The molecule has 2 aromatic carbocycles. The van der Waals surface area contributed by atoms with Crippen LogP contribution in [0.3, 0.4) is 0 Å². The average Bonchev–Trinajstić information content (AvgIpc) is 2.53. The first-order valence-electron chi connectivity index (χ1n) is 6.24. The van der Waals surface area contributed by atoms with Gasteiger partial charge in [0.15, 0.2) is 17.8 Å². The summed E-state index contributed by atoms with van der Waals surface area (Å²) < 4.78 is 11.4. The van der Waals surface area contributed by atoms with Gasteiger partial charge < -0.3 is 9.47 Å². The zero-order chi connectivity index (χ0) is 16.1. The van der Waals surface area contributed by atoms with Crippen LogP contribution in [0, 0.1) is 10.1 Å². The van der Waals surface area contributed by atoms with E-state index in [1.54, 1.807) is 24.3 Å². The van der Waals surface area contributed by atoms with Crippen molar-refractivity contribution in [2.24, 2.45) is 0 Å². The number of nitrogens with zero attached hydrogens (tertiary/aromatic N) is 1. The molecule has 22 heavy (non-hydrogen) atoms. The number of hydrogen-bond acceptors (Lipinski definition) is 5. The summed E-state index contributed by atoms with van der Waals surface area (Å²) in [6.45, 7) is 0.223. The molecule has 0 unspecified atom stereocenters. The lowest BCUT2D eigenvalue weighted by atomic mass is 10.2. The van der Waals surface area contributed by atoms with Crippen molar-refractivity contribution in [1.82, 2.24) is 0 Å². The standard InChI is InChI=1S/C15H12BrNO5/c1-21-14-6-11(8-18)13(16)7-15(14)22-9-10-2-4-12(5-3-10)17(19)20/h2-8H,9H2,1H3. The lowest BCUT2D eigenvalue weighted by Crippen LogP contribution is -1.99. The summed E-state index contributed by atoms with van der Waals surface area (Å²) in [4.78, 5) is 21.0. The highest BCUT2D eigenvalue weighted by atomic mass is 79.9. The van der Waals surface area contributed by atoms with E-state index >= 15 is 0 Å². The van der Waals surface area contributed by atoms with Crippen molar-refractivity contribution in [1.29, 1.82) is 0 Å². The van der Waals surface area contributed by atoms with Crippen LogP contribution < -0.4 is 9.47 Å². The molecule has 0 saturated carbocycles. The number of nitro benzene ring substituents is 1. The number of rotatable bonds is 6. The van der Waals surface area contributed by atoms with Crippen LogP contribution in [0.2, 0.25) is 0 Å². The lowest BCUT2D eigenvalue weighted by Gasteiger charge is -2.12. The molecular formula is C15H12BrNO5. The molecule has 0 radical (unpaired) electrons. The minimum absolute atomic E-state index is 0.0272. The van der Waals surface area contributed by atoms with Crippen LogP contribution in [0.1, 0.15) is 15.9 Å². The Morgan fingerprint density at radius 3 is 2.45 bits per heavy atom. The van der Waals surface area contributed by atoms with Gasteiger partial charge in [-0.25, -0.2) is 0 Å². The predicted octanol–water partition coefficient (Wildman–Crippen LogP) is 3.76. The van der Waals surface area contributed by atoms with Crippen LogP contribution in [0.4, 0.5) is 5.69 Å². The van der Waals surface area contributed by atoms with Gasteiger partial charge in [-0.3, -0.25) is 14.9 Å². The predicted molar refractivity (Wildman–Crippen MR) is 83.5 cm³/mol. The number of carbonyl (C=O) groups excluding carboxylic acids is 1. The van der Waals surface area contributed by atoms with Crippen LogP contribution in [-0.2, 0) is 6.61 Å². The molecule has 2 aromatic rings. The maximum Gasteiger partial charge on any atom is 0.269 e. The minimum Gasteiger partial charge on any atom is -0.493 e. The summed E-state index contributed by atoms with van der Waals surface area (Å²) in [5, 5.41) is 10.6. The Morgan fingerprint density at radius 1 is 1.23 bits per heavy atom. The number of carbonyl (C=O) groups is 1. The molecule has 7 heteroatoms. The Bertz CT molecular complexity index is 700. The molecule has 0 amide bonds. The van der Waals surface area contributed by atoms with Gasteiger partial charge in [-0.2, -0.15) is 0 Å². The fourth-order valence-corrected chi connectivity index (χ4v) is 2.20. The second kappa shape index (κ2) is 7.04. The summed E-state index contributed by atoms with van der Waals surface area (Å²) in [5.74, 6) is 0.908. The molecule has 0 bridgehead atoms. The number of benzene rings is 2. The molecule has 0 aliphatic rings. The van der Waals surface area contributed by atoms with Crippen LogP contribution in [0.15, 0.2) is 40.9 Å². The van der Waals surface area contributed by atoms with Crippen molar-refractivity contribution >= 4 is 27.9 Å². The van der Waals surface area contributed by atoms with E-state index in [1.807, 2.05) is 0 Å². The monoisotopic (exact) mass is 365 g/mol. The molecule has 0 aromatic heterocycles. The number of non-ortho nitro benzene ring substituents is 1. The molecule has 0 aliphatic carbocycles. The quantitative estimate of drug-likeness (QED) is 0.442. The summed E-state index contributed by atoms with van der Waals surface area (Å²) >= 11 is 3.28. The Balaban J connectivity index is 2.15. The highest BCUT2D eigenvalue weighted by molar-refractivity contribution is 9.10. The normalized spacial score (nSPS) is 10.1. The van der Waals surface area contributed by atoms with Crippen LogP contribution in [-0.4, -0.2) is 18.3 Å². The Kier molecular flexibility index (Phi) is 5.11. The molecule has 0 atom stereocenters. The van der Waals surface area contributed by atoms with E-state index in [0.717, 1.165) is 5.56 Å². The summed E-state index contributed by atoms with van der Waals surface area (Å²) in [6, 6.07) is 9.30. The highest BCUT2D eigenvalue weighted by Crippen LogP contribution is 2.33. The molecule has 114 valence electrons. The highest BCUT2D eigenvalue weighted by Gasteiger charge is 2.11.